The van der Waals surface area contributed by atoms with E-state index < -0.39 is 23.7 Å². The molecular weight excluding hydrogens is 431 g/mol. The topological polar surface area (TPSA) is 116 Å². The van der Waals surface area contributed by atoms with Crippen LogP contribution in [0.1, 0.15) is 39.1 Å². The van der Waals surface area contributed by atoms with Gasteiger partial charge in [-0.3, -0.25) is 24.5 Å². The Morgan fingerprint density at radius 1 is 1.09 bits per heavy atom. The highest BCUT2D eigenvalue weighted by atomic mass is 19.1. The molecule has 2 saturated heterocycles. The Morgan fingerprint density at radius 3 is 2.58 bits per heavy atom. The zero-order valence-corrected chi connectivity index (χ0v) is 17.7. The van der Waals surface area contributed by atoms with Gasteiger partial charge < -0.3 is 14.7 Å². The monoisotopic (exact) mass is 452 g/mol. The average molecular weight is 452 g/mol. The molecule has 170 valence electrons. The molecule has 33 heavy (non-hydrogen) atoms. The Kier molecular flexibility index (Phi) is 5.23. The second kappa shape index (κ2) is 8.23. The van der Waals surface area contributed by atoms with Crippen molar-refractivity contribution in [3.05, 3.63) is 53.1 Å². The summed E-state index contributed by atoms with van der Waals surface area (Å²) >= 11 is 0. The Morgan fingerprint density at radius 2 is 1.88 bits per heavy atom. The summed E-state index contributed by atoms with van der Waals surface area (Å²) < 4.78 is 14.5. The lowest BCUT2D eigenvalue weighted by Gasteiger charge is -2.37. The van der Waals surface area contributed by atoms with Crippen molar-refractivity contribution in [1.82, 2.24) is 25.3 Å². The minimum absolute atomic E-state index is 0.145. The largest absolute Gasteiger partial charge is 0.368 e. The third-order valence-electron chi connectivity index (χ3n) is 6.34. The normalized spacial score (nSPS) is 20.7. The Balaban J connectivity index is 1.34. The number of anilines is 1. The third-order valence-corrected chi connectivity index (χ3v) is 6.34. The molecule has 0 saturated carbocycles. The van der Waals surface area contributed by atoms with Crippen LogP contribution in [-0.2, 0) is 16.1 Å². The predicted molar refractivity (Wildman–Crippen MR) is 113 cm³/mol. The maximum absolute atomic E-state index is 14.5. The number of imide groups is 1. The van der Waals surface area contributed by atoms with E-state index in [-0.39, 0.29) is 36.8 Å². The number of nitrogens with zero attached hydrogens (tertiary/aromatic N) is 5. The minimum atomic E-state index is -0.762. The summed E-state index contributed by atoms with van der Waals surface area (Å²) in [6.45, 7) is 1.95. The molecular formula is C22H21FN6O4. The first-order valence-electron chi connectivity index (χ1n) is 10.7. The predicted octanol–water partition coefficient (Wildman–Crippen LogP) is 0.339. The number of nitrogens with one attached hydrogen (secondary N) is 1. The quantitative estimate of drug-likeness (QED) is 0.668. The van der Waals surface area contributed by atoms with Gasteiger partial charge in [0.25, 0.3) is 11.8 Å². The zero-order chi connectivity index (χ0) is 23.1. The maximum Gasteiger partial charge on any atom is 0.255 e. The molecule has 4 heterocycles. The van der Waals surface area contributed by atoms with Crippen LogP contribution in [0.25, 0.3) is 0 Å². The Labute approximate surface area is 188 Å². The van der Waals surface area contributed by atoms with Gasteiger partial charge in [-0.25, -0.2) is 4.39 Å². The lowest BCUT2D eigenvalue weighted by atomic mass is 10.0. The number of aromatic nitrogens is 2. The van der Waals surface area contributed by atoms with Gasteiger partial charge >= 0.3 is 0 Å². The van der Waals surface area contributed by atoms with Crippen LogP contribution in [0.5, 0.6) is 0 Å². The molecule has 5 rings (SSSR count). The number of amides is 4. The number of hydrogen-bond donors (Lipinski definition) is 1. The molecule has 0 radical (unpaired) electrons. The van der Waals surface area contributed by atoms with Crippen LogP contribution in [-0.4, -0.2) is 75.8 Å². The first-order chi connectivity index (χ1) is 15.9. The standard InChI is InChI=1S/C22H21FN6O4/c23-14-9-15-16(12-29(22(15)33)17-1-2-19(30)26-20(17)31)18(10-14)27-5-7-28(8-6-27)21(32)13-3-4-24-25-11-13/h3-4,9-11,17H,1-2,5-8,12H2,(H,26,30,31). The second-order valence-electron chi connectivity index (χ2n) is 8.26. The summed E-state index contributed by atoms with van der Waals surface area (Å²) in [4.78, 5) is 54.5. The molecule has 1 atom stereocenters. The molecule has 1 aromatic carbocycles. The molecule has 3 aliphatic rings. The van der Waals surface area contributed by atoms with Gasteiger partial charge in [0.2, 0.25) is 11.8 Å². The molecule has 2 fully saturated rings. The molecule has 11 heteroatoms. The summed E-state index contributed by atoms with van der Waals surface area (Å²) in [6.07, 6.45) is 3.28. The van der Waals surface area contributed by atoms with Crippen LogP contribution in [0.3, 0.4) is 0 Å². The number of rotatable bonds is 3. The van der Waals surface area contributed by atoms with Crippen molar-refractivity contribution in [3.63, 3.8) is 0 Å². The van der Waals surface area contributed by atoms with Crippen LogP contribution in [0.2, 0.25) is 0 Å². The van der Waals surface area contributed by atoms with Crippen molar-refractivity contribution in [3.8, 4) is 0 Å². The lowest BCUT2D eigenvalue weighted by molar-refractivity contribution is -0.136. The van der Waals surface area contributed by atoms with Gasteiger partial charge in [-0.2, -0.15) is 10.2 Å². The number of fused-ring (bicyclic) bond motifs is 1. The number of hydrogen-bond acceptors (Lipinski definition) is 7. The average Bonchev–Trinajstić information content (AvgIpc) is 3.15. The van der Waals surface area contributed by atoms with Crippen molar-refractivity contribution in [2.45, 2.75) is 25.4 Å². The van der Waals surface area contributed by atoms with Crippen LogP contribution in [0.15, 0.2) is 30.6 Å². The number of carbonyl (C=O) groups excluding carboxylic acids is 4. The number of piperazine rings is 1. The van der Waals surface area contributed by atoms with Gasteiger partial charge in [0.05, 0.1) is 18.0 Å². The Hall–Kier alpha value is -3.89. The molecule has 1 aromatic heterocycles. The van der Waals surface area contributed by atoms with E-state index in [0.29, 0.717) is 43.0 Å². The van der Waals surface area contributed by atoms with Crippen molar-refractivity contribution in [1.29, 1.82) is 0 Å². The van der Waals surface area contributed by atoms with Crippen molar-refractivity contribution in [2.75, 3.05) is 31.1 Å². The molecule has 2 aromatic rings. The van der Waals surface area contributed by atoms with Gasteiger partial charge in [-0.15, -0.1) is 0 Å². The maximum atomic E-state index is 14.5. The van der Waals surface area contributed by atoms with E-state index in [1.54, 1.807) is 11.0 Å². The molecule has 0 spiro atoms. The minimum Gasteiger partial charge on any atom is -0.368 e. The summed E-state index contributed by atoms with van der Waals surface area (Å²) in [7, 11) is 0. The van der Waals surface area contributed by atoms with E-state index >= 15 is 0 Å². The molecule has 4 amide bonds. The van der Waals surface area contributed by atoms with Crippen LogP contribution in [0.4, 0.5) is 10.1 Å². The van der Waals surface area contributed by atoms with E-state index in [1.807, 2.05) is 4.90 Å². The zero-order valence-electron chi connectivity index (χ0n) is 17.7. The highest BCUT2D eigenvalue weighted by Gasteiger charge is 2.41. The molecule has 3 aliphatic heterocycles. The van der Waals surface area contributed by atoms with E-state index in [0.717, 1.165) is 0 Å². The van der Waals surface area contributed by atoms with E-state index in [4.69, 9.17) is 0 Å². The number of halogens is 1. The lowest BCUT2D eigenvalue weighted by Crippen LogP contribution is -2.52. The number of piperidine rings is 1. The summed E-state index contributed by atoms with van der Waals surface area (Å²) in [6, 6.07) is 3.44. The van der Waals surface area contributed by atoms with Gasteiger partial charge in [-0.1, -0.05) is 0 Å². The van der Waals surface area contributed by atoms with Gasteiger partial charge in [0.1, 0.15) is 11.9 Å². The second-order valence-corrected chi connectivity index (χ2v) is 8.26. The molecule has 1 N–H and O–H groups in total. The molecule has 10 nitrogen and oxygen atoms in total. The van der Waals surface area contributed by atoms with Crippen molar-refractivity contribution >= 4 is 29.3 Å². The van der Waals surface area contributed by atoms with Crippen LogP contribution >= 0.6 is 0 Å². The summed E-state index contributed by atoms with van der Waals surface area (Å²) in [5, 5.41) is 9.69. The fourth-order valence-electron chi connectivity index (χ4n) is 4.64. The number of carbonyl (C=O) groups is 4. The van der Waals surface area contributed by atoms with Gasteiger partial charge in [0, 0.05) is 56.0 Å². The smallest absolute Gasteiger partial charge is 0.255 e. The summed E-state index contributed by atoms with van der Waals surface area (Å²) in [5.41, 5.74) is 1.93. The Bertz CT molecular complexity index is 1150. The van der Waals surface area contributed by atoms with E-state index in [2.05, 4.69) is 15.5 Å². The van der Waals surface area contributed by atoms with Gasteiger partial charge in [-0.05, 0) is 24.6 Å². The van der Waals surface area contributed by atoms with Gasteiger partial charge in [0.15, 0.2) is 0 Å². The summed E-state index contributed by atoms with van der Waals surface area (Å²) in [5.74, 6) is -1.97. The van der Waals surface area contributed by atoms with E-state index in [9.17, 15) is 23.6 Å². The van der Waals surface area contributed by atoms with E-state index in [1.165, 1.54) is 29.4 Å². The highest BCUT2D eigenvalue weighted by Crippen LogP contribution is 2.35. The highest BCUT2D eigenvalue weighted by molar-refractivity contribution is 6.06. The van der Waals surface area contributed by atoms with Crippen LogP contribution < -0.4 is 10.2 Å². The first-order valence-corrected chi connectivity index (χ1v) is 10.7. The fourth-order valence-corrected chi connectivity index (χ4v) is 4.64. The van der Waals surface area contributed by atoms with Crippen molar-refractivity contribution < 1.29 is 23.6 Å². The third kappa shape index (κ3) is 3.79. The molecule has 0 aliphatic carbocycles. The molecule has 1 unspecified atom stereocenters. The van der Waals surface area contributed by atoms with Crippen LogP contribution in [0, 0.1) is 5.82 Å². The first kappa shape index (κ1) is 21.0. The molecule has 0 bridgehead atoms. The van der Waals surface area contributed by atoms with Crippen molar-refractivity contribution in [2.24, 2.45) is 0 Å². The number of benzene rings is 1. The fraction of sp³-hybridized carbons (Fsp3) is 0.364. The SMILES string of the molecule is O=C1CCC(N2Cc3c(cc(F)cc3N3CCN(C(=O)c4ccnnc4)CC3)C2=O)C(=O)N1.